The van der Waals surface area contributed by atoms with Crippen molar-refractivity contribution in [1.29, 1.82) is 0 Å². The minimum atomic E-state index is -4.54. The molecular weight excluding hydrogens is 381 g/mol. The van der Waals surface area contributed by atoms with Gasteiger partial charge in [0.25, 0.3) is 0 Å². The van der Waals surface area contributed by atoms with E-state index >= 15 is 0 Å². The Labute approximate surface area is 166 Å². The third kappa shape index (κ3) is 3.77. The highest BCUT2D eigenvalue weighted by molar-refractivity contribution is 5.85. The first kappa shape index (κ1) is 19.6. The lowest BCUT2D eigenvalue weighted by Crippen LogP contribution is -2.46. The molecule has 3 aromatic rings. The van der Waals surface area contributed by atoms with Gasteiger partial charge in [-0.05, 0) is 25.2 Å². The van der Waals surface area contributed by atoms with Crippen LogP contribution in [0.15, 0.2) is 48.8 Å². The predicted octanol–water partition coefficient (Wildman–Crippen LogP) is 3.69. The van der Waals surface area contributed by atoms with Crippen molar-refractivity contribution >= 4 is 10.9 Å². The second-order valence-electron chi connectivity index (χ2n) is 7.25. The number of phenols is 1. The summed E-state index contributed by atoms with van der Waals surface area (Å²) in [5.41, 5.74) is -0.141. The number of aromatic hydroxyl groups is 1. The summed E-state index contributed by atoms with van der Waals surface area (Å²) in [7, 11) is 1.98. The van der Waals surface area contributed by atoms with Crippen LogP contribution in [0.25, 0.3) is 10.9 Å². The van der Waals surface area contributed by atoms with Crippen LogP contribution in [0.3, 0.4) is 0 Å². The van der Waals surface area contributed by atoms with Crippen LogP contribution in [-0.2, 0) is 6.18 Å². The first-order chi connectivity index (χ1) is 13.9. The Hall–Kier alpha value is -2.71. The molecule has 5 nitrogen and oxygen atoms in total. The van der Waals surface area contributed by atoms with Crippen molar-refractivity contribution in [3.63, 3.8) is 0 Å². The fourth-order valence-corrected chi connectivity index (χ4v) is 3.84. The third-order valence-electron chi connectivity index (χ3n) is 5.38. The van der Waals surface area contributed by atoms with Crippen molar-refractivity contribution < 1.29 is 18.3 Å². The number of alkyl halides is 3. The highest BCUT2D eigenvalue weighted by atomic mass is 19.4. The minimum absolute atomic E-state index is 0.102. The maximum atomic E-state index is 13.8. The molecule has 1 atom stereocenters. The number of hydrogen-bond acceptors (Lipinski definition) is 5. The Morgan fingerprint density at radius 3 is 2.38 bits per heavy atom. The molecule has 2 aromatic heterocycles. The summed E-state index contributed by atoms with van der Waals surface area (Å²) < 4.78 is 41.3. The quantitative estimate of drug-likeness (QED) is 0.724. The van der Waals surface area contributed by atoms with Crippen LogP contribution in [0.5, 0.6) is 5.75 Å². The maximum absolute atomic E-state index is 13.8. The van der Waals surface area contributed by atoms with E-state index in [0.29, 0.717) is 24.2 Å². The lowest BCUT2D eigenvalue weighted by molar-refractivity contribution is -0.139. The fraction of sp³-hybridized carbons (Fsp3) is 0.333. The molecule has 0 saturated carbocycles. The van der Waals surface area contributed by atoms with Crippen molar-refractivity contribution in [1.82, 2.24) is 19.8 Å². The molecule has 1 N–H and O–H groups in total. The number of benzene rings is 1. The summed E-state index contributed by atoms with van der Waals surface area (Å²) in [6.45, 7) is 2.57. The molecule has 4 rings (SSSR count). The zero-order valence-corrected chi connectivity index (χ0v) is 15.9. The van der Waals surface area contributed by atoms with Gasteiger partial charge in [0, 0.05) is 49.5 Å². The Morgan fingerprint density at radius 1 is 0.966 bits per heavy atom. The maximum Gasteiger partial charge on any atom is 0.418 e. The summed E-state index contributed by atoms with van der Waals surface area (Å²) in [5.74, 6) is -0.106. The van der Waals surface area contributed by atoms with Crippen molar-refractivity contribution in [2.75, 3.05) is 33.2 Å². The number of nitrogens with zero attached hydrogens (tertiary/aromatic N) is 4. The van der Waals surface area contributed by atoms with Crippen LogP contribution in [0.2, 0.25) is 0 Å². The van der Waals surface area contributed by atoms with E-state index in [1.807, 2.05) is 11.9 Å². The van der Waals surface area contributed by atoms with E-state index in [0.717, 1.165) is 24.5 Å². The van der Waals surface area contributed by atoms with Crippen LogP contribution in [0, 0.1) is 0 Å². The molecule has 1 aromatic carbocycles. The minimum Gasteiger partial charge on any atom is -0.505 e. The molecule has 1 aliphatic heterocycles. The molecule has 29 heavy (non-hydrogen) atoms. The van der Waals surface area contributed by atoms with E-state index in [1.54, 1.807) is 30.5 Å². The van der Waals surface area contributed by atoms with Gasteiger partial charge >= 0.3 is 6.18 Å². The van der Waals surface area contributed by atoms with Crippen LogP contribution in [0.4, 0.5) is 13.2 Å². The second kappa shape index (κ2) is 7.61. The average Bonchev–Trinajstić information content (AvgIpc) is 2.71. The summed E-state index contributed by atoms with van der Waals surface area (Å²) in [5, 5.41) is 11.7. The smallest absolute Gasteiger partial charge is 0.418 e. The number of phenolic OH excluding ortho intramolecular Hbond substituents is 1. The van der Waals surface area contributed by atoms with Gasteiger partial charge in [-0.25, -0.2) is 0 Å². The number of fused-ring (bicyclic) bond motifs is 1. The topological polar surface area (TPSA) is 52.5 Å². The Balaban J connectivity index is 1.90. The number of aromatic nitrogens is 2. The van der Waals surface area contributed by atoms with E-state index < -0.39 is 17.8 Å². The van der Waals surface area contributed by atoms with Gasteiger partial charge in [0.2, 0.25) is 0 Å². The first-order valence-electron chi connectivity index (χ1n) is 9.37. The zero-order chi connectivity index (χ0) is 20.6. The molecule has 152 valence electrons. The summed E-state index contributed by atoms with van der Waals surface area (Å²) >= 11 is 0. The van der Waals surface area contributed by atoms with Gasteiger partial charge in [-0.2, -0.15) is 13.2 Å². The highest BCUT2D eigenvalue weighted by Crippen LogP contribution is 2.42. The number of piperazine rings is 1. The molecule has 0 radical (unpaired) electrons. The third-order valence-corrected chi connectivity index (χ3v) is 5.38. The normalized spacial score (nSPS) is 17.5. The molecule has 1 fully saturated rings. The van der Waals surface area contributed by atoms with Gasteiger partial charge in [-0.15, -0.1) is 0 Å². The van der Waals surface area contributed by atoms with Crippen molar-refractivity contribution in [3.05, 3.63) is 65.6 Å². The van der Waals surface area contributed by atoms with Gasteiger partial charge in [0.1, 0.15) is 11.3 Å². The van der Waals surface area contributed by atoms with Crippen molar-refractivity contribution in [3.8, 4) is 5.75 Å². The van der Waals surface area contributed by atoms with Gasteiger partial charge < -0.3 is 10.0 Å². The van der Waals surface area contributed by atoms with Gasteiger partial charge in [0.15, 0.2) is 0 Å². The SMILES string of the molecule is CN1CCN(C(c2ccc3cccnc3c2O)c2ncccc2C(F)(F)F)CC1. The van der Waals surface area contributed by atoms with Crippen LogP contribution in [-0.4, -0.2) is 58.1 Å². The first-order valence-corrected chi connectivity index (χ1v) is 9.37. The highest BCUT2D eigenvalue weighted by Gasteiger charge is 2.39. The van der Waals surface area contributed by atoms with E-state index in [-0.39, 0.29) is 11.4 Å². The average molecular weight is 402 g/mol. The van der Waals surface area contributed by atoms with Crippen molar-refractivity contribution in [2.24, 2.45) is 0 Å². The van der Waals surface area contributed by atoms with E-state index in [4.69, 9.17) is 0 Å². The number of hydrogen-bond donors (Lipinski definition) is 1. The van der Waals surface area contributed by atoms with Gasteiger partial charge in [-0.3, -0.25) is 14.9 Å². The van der Waals surface area contributed by atoms with E-state index in [9.17, 15) is 18.3 Å². The van der Waals surface area contributed by atoms with E-state index in [1.165, 1.54) is 12.3 Å². The molecular formula is C21H21F3N4O. The summed E-state index contributed by atoms with van der Waals surface area (Å²) in [6.07, 6.45) is -1.62. The number of halogens is 3. The molecule has 8 heteroatoms. The van der Waals surface area contributed by atoms with Crippen LogP contribution in [0.1, 0.15) is 22.9 Å². The molecule has 1 saturated heterocycles. The molecule has 0 aliphatic carbocycles. The summed E-state index contributed by atoms with van der Waals surface area (Å²) in [6, 6.07) is 8.51. The van der Waals surface area contributed by atoms with E-state index in [2.05, 4.69) is 14.9 Å². The van der Waals surface area contributed by atoms with Crippen molar-refractivity contribution in [2.45, 2.75) is 12.2 Å². The lowest BCUT2D eigenvalue weighted by atomic mass is 9.94. The number of pyridine rings is 2. The largest absolute Gasteiger partial charge is 0.505 e. The monoisotopic (exact) mass is 402 g/mol. The molecule has 3 heterocycles. The molecule has 1 aliphatic rings. The zero-order valence-electron chi connectivity index (χ0n) is 15.9. The lowest BCUT2D eigenvalue weighted by Gasteiger charge is -2.38. The second-order valence-corrected chi connectivity index (χ2v) is 7.25. The van der Waals surface area contributed by atoms with Gasteiger partial charge in [-0.1, -0.05) is 18.2 Å². The molecule has 1 unspecified atom stereocenters. The Morgan fingerprint density at radius 2 is 1.66 bits per heavy atom. The number of likely N-dealkylation sites (N-methyl/N-ethyl adjacent to an activating group) is 1. The summed E-state index contributed by atoms with van der Waals surface area (Å²) in [4.78, 5) is 12.4. The van der Waals surface area contributed by atoms with Crippen LogP contribution >= 0.6 is 0 Å². The standard InChI is InChI=1S/C21H21F3N4O/c1-27-10-12-28(13-11-27)19(18-16(21(22,23)24)5-3-9-26-18)15-7-6-14-4-2-8-25-17(14)20(15)29/h2-9,19,29H,10-13H2,1H3. The Kier molecular flexibility index (Phi) is 5.14. The molecule has 0 bridgehead atoms. The molecule has 0 spiro atoms. The fourth-order valence-electron chi connectivity index (χ4n) is 3.84. The predicted molar refractivity (Wildman–Crippen MR) is 104 cm³/mol. The molecule has 0 amide bonds. The Bertz CT molecular complexity index is 1020. The number of rotatable bonds is 3. The van der Waals surface area contributed by atoms with Gasteiger partial charge in [0.05, 0.1) is 17.3 Å². The van der Waals surface area contributed by atoms with Crippen LogP contribution < -0.4 is 0 Å².